The van der Waals surface area contributed by atoms with Gasteiger partial charge in [-0.1, -0.05) is 0 Å². The second kappa shape index (κ2) is 5.58. The smallest absolute Gasteiger partial charge is 0.396 e. The number of hydrogen-bond donors (Lipinski definition) is 1. The summed E-state index contributed by atoms with van der Waals surface area (Å²) in [5, 5.41) is 8.47. The second-order valence-electron chi connectivity index (χ2n) is 3.41. The van der Waals surface area contributed by atoms with Crippen LogP contribution in [0.4, 0.5) is 0 Å². The Balaban J connectivity index is 1.84. The van der Waals surface area contributed by atoms with Gasteiger partial charge in [0, 0.05) is 18.3 Å². The quantitative estimate of drug-likeness (QED) is 0.623. The molecule has 0 atom stereocenters. The van der Waals surface area contributed by atoms with E-state index in [-0.39, 0.29) is 6.61 Å². The van der Waals surface area contributed by atoms with Crippen molar-refractivity contribution in [3.05, 3.63) is 17.4 Å². The first kappa shape index (κ1) is 12.5. The summed E-state index contributed by atoms with van der Waals surface area (Å²) < 4.78 is 6.28. The molecule has 2 aromatic heterocycles. The summed E-state index contributed by atoms with van der Waals surface area (Å²) in [5.41, 5.74) is 0.941. The molecule has 2 aromatic rings. The zero-order valence-corrected chi connectivity index (χ0v) is 10.6. The monoisotopic (exact) mass is 268 g/mol. The summed E-state index contributed by atoms with van der Waals surface area (Å²) in [5.74, 6) is -1.57. The fourth-order valence-corrected chi connectivity index (χ4v) is 2.25. The summed E-state index contributed by atoms with van der Waals surface area (Å²) in [6.45, 7) is 2.19. The van der Waals surface area contributed by atoms with Gasteiger partial charge in [-0.15, -0.1) is 11.3 Å². The van der Waals surface area contributed by atoms with Crippen LogP contribution in [0.5, 0.6) is 0 Å². The number of aromatic nitrogens is 3. The minimum absolute atomic E-state index is 0.191. The van der Waals surface area contributed by atoms with Crippen LogP contribution in [-0.4, -0.2) is 39.6 Å². The lowest BCUT2D eigenvalue weighted by atomic mass is 10.3. The van der Waals surface area contributed by atoms with Gasteiger partial charge in [0.05, 0.1) is 12.3 Å². The van der Waals surface area contributed by atoms with E-state index in [1.165, 1.54) is 17.7 Å². The highest BCUT2D eigenvalue weighted by atomic mass is 32.1. The third-order valence-electron chi connectivity index (χ3n) is 2.22. The Morgan fingerprint density at radius 3 is 3.17 bits per heavy atom. The molecule has 0 aliphatic heterocycles. The fourth-order valence-electron chi connectivity index (χ4n) is 1.42. The Hall–Kier alpha value is -1.96. The summed E-state index contributed by atoms with van der Waals surface area (Å²) in [6.07, 6.45) is 2.06. The molecule has 0 unspecified atom stereocenters. The van der Waals surface area contributed by atoms with Crippen LogP contribution in [0.2, 0.25) is 0 Å². The van der Waals surface area contributed by atoms with Crippen molar-refractivity contribution in [3.63, 3.8) is 0 Å². The first-order valence-corrected chi connectivity index (χ1v) is 6.31. The van der Waals surface area contributed by atoms with Gasteiger partial charge in [0.15, 0.2) is 0 Å². The maximum Gasteiger partial charge on any atom is 0.396 e. The molecule has 18 heavy (non-hydrogen) atoms. The van der Waals surface area contributed by atoms with E-state index in [4.69, 9.17) is 0 Å². The molecule has 96 valence electrons. The van der Waals surface area contributed by atoms with Gasteiger partial charge in [-0.2, -0.15) is 5.10 Å². The second-order valence-corrected chi connectivity index (χ2v) is 4.24. The number of carbonyl (C=O) groups is 2. The largest absolute Gasteiger partial charge is 0.459 e. The molecule has 0 fully saturated rings. The minimum Gasteiger partial charge on any atom is -0.459 e. The van der Waals surface area contributed by atoms with E-state index >= 15 is 0 Å². The first-order valence-electron chi connectivity index (χ1n) is 5.43. The van der Waals surface area contributed by atoms with Crippen molar-refractivity contribution >= 4 is 28.2 Å². The number of thiazole rings is 1. The molecular formula is C10H12N4O3S. The average Bonchev–Trinajstić information content (AvgIpc) is 2.93. The van der Waals surface area contributed by atoms with E-state index in [9.17, 15) is 9.59 Å². The van der Waals surface area contributed by atoms with Crippen molar-refractivity contribution in [1.82, 2.24) is 19.9 Å². The summed E-state index contributed by atoms with van der Waals surface area (Å²) >= 11 is 1.48. The topological polar surface area (TPSA) is 85.6 Å². The molecule has 1 N–H and O–H groups in total. The van der Waals surface area contributed by atoms with Crippen molar-refractivity contribution in [1.29, 1.82) is 0 Å². The number of nitrogens with zero attached hydrogens (tertiary/aromatic N) is 3. The number of rotatable bonds is 4. The zero-order chi connectivity index (χ0) is 13.0. The van der Waals surface area contributed by atoms with Gasteiger partial charge in [0.2, 0.25) is 4.96 Å². The normalized spacial score (nSPS) is 10.5. The number of hydrogen-bond acceptors (Lipinski definition) is 6. The Bertz CT molecular complexity index is 562. The van der Waals surface area contributed by atoms with E-state index in [1.807, 2.05) is 5.38 Å². The van der Waals surface area contributed by atoms with Crippen LogP contribution in [0, 0.1) is 0 Å². The minimum atomic E-state index is -0.853. The van der Waals surface area contributed by atoms with Crippen molar-refractivity contribution < 1.29 is 14.3 Å². The predicted molar refractivity (Wildman–Crippen MR) is 64.2 cm³/mol. The van der Waals surface area contributed by atoms with Crippen molar-refractivity contribution in [2.24, 2.45) is 0 Å². The van der Waals surface area contributed by atoms with Gasteiger partial charge in [-0.25, -0.2) is 14.3 Å². The number of carbonyl (C=O) groups excluding carboxylic acids is 2. The molecule has 0 saturated carbocycles. The van der Waals surface area contributed by atoms with Crippen molar-refractivity contribution in [2.45, 2.75) is 13.3 Å². The molecule has 0 bridgehead atoms. The van der Waals surface area contributed by atoms with Crippen LogP contribution in [-0.2, 0) is 20.7 Å². The lowest BCUT2D eigenvalue weighted by molar-refractivity contribution is -0.154. The van der Waals surface area contributed by atoms with Gasteiger partial charge < -0.3 is 10.1 Å². The first-order chi connectivity index (χ1) is 8.72. The van der Waals surface area contributed by atoms with E-state index in [0.717, 1.165) is 10.7 Å². The lowest BCUT2D eigenvalue weighted by Crippen LogP contribution is -2.34. The van der Waals surface area contributed by atoms with Crippen molar-refractivity contribution in [2.75, 3.05) is 13.2 Å². The molecule has 1 amide bonds. The molecule has 0 aliphatic carbocycles. The van der Waals surface area contributed by atoms with E-state index in [1.54, 1.807) is 11.4 Å². The lowest BCUT2D eigenvalue weighted by Gasteiger charge is -2.03. The Morgan fingerprint density at radius 2 is 2.39 bits per heavy atom. The van der Waals surface area contributed by atoms with Crippen LogP contribution < -0.4 is 5.32 Å². The molecule has 2 rings (SSSR count). The Morgan fingerprint density at radius 1 is 1.56 bits per heavy atom. The maximum atomic E-state index is 11.3. The third kappa shape index (κ3) is 2.65. The molecular weight excluding hydrogens is 256 g/mol. The van der Waals surface area contributed by atoms with Crippen LogP contribution in [0.25, 0.3) is 4.96 Å². The zero-order valence-electron chi connectivity index (χ0n) is 9.75. The standard InChI is InChI=1S/C10H12N4O3S/c1-2-17-9(16)8(15)11-4-3-7-5-18-10-12-6-13-14(7)10/h5-6H,2-4H2,1H3,(H,11,15). The maximum absolute atomic E-state index is 11.3. The highest BCUT2D eigenvalue weighted by Gasteiger charge is 2.14. The van der Waals surface area contributed by atoms with Gasteiger partial charge in [-0.05, 0) is 6.92 Å². The highest BCUT2D eigenvalue weighted by Crippen LogP contribution is 2.12. The van der Waals surface area contributed by atoms with Gasteiger partial charge in [0.25, 0.3) is 0 Å². The van der Waals surface area contributed by atoms with Crippen molar-refractivity contribution in [3.8, 4) is 0 Å². The van der Waals surface area contributed by atoms with Crippen LogP contribution >= 0.6 is 11.3 Å². The molecule has 8 heteroatoms. The molecule has 0 aliphatic rings. The number of fused-ring (bicyclic) bond motifs is 1. The number of nitrogens with one attached hydrogen (secondary N) is 1. The molecule has 7 nitrogen and oxygen atoms in total. The number of ether oxygens (including phenoxy) is 1. The van der Waals surface area contributed by atoms with E-state index < -0.39 is 11.9 Å². The highest BCUT2D eigenvalue weighted by molar-refractivity contribution is 7.15. The number of amides is 1. The van der Waals surface area contributed by atoms with Crippen LogP contribution in [0.3, 0.4) is 0 Å². The van der Waals surface area contributed by atoms with Gasteiger partial charge in [0.1, 0.15) is 6.33 Å². The third-order valence-corrected chi connectivity index (χ3v) is 3.10. The summed E-state index contributed by atoms with van der Waals surface area (Å²) in [4.78, 5) is 27.2. The van der Waals surface area contributed by atoms with Crippen LogP contribution in [0.1, 0.15) is 12.6 Å². The number of esters is 1. The van der Waals surface area contributed by atoms with E-state index in [2.05, 4.69) is 20.1 Å². The van der Waals surface area contributed by atoms with Crippen LogP contribution in [0.15, 0.2) is 11.7 Å². The predicted octanol–water partition coefficient (Wildman–Crippen LogP) is 0.0126. The van der Waals surface area contributed by atoms with Gasteiger partial charge >= 0.3 is 11.9 Å². The SMILES string of the molecule is CCOC(=O)C(=O)NCCc1csc2ncnn12. The molecule has 0 radical (unpaired) electrons. The Labute approximate surface area is 107 Å². The summed E-state index contributed by atoms with van der Waals surface area (Å²) in [7, 11) is 0. The molecule has 0 spiro atoms. The van der Waals surface area contributed by atoms with E-state index in [0.29, 0.717) is 13.0 Å². The molecule has 2 heterocycles. The van der Waals surface area contributed by atoms with Gasteiger partial charge in [-0.3, -0.25) is 4.79 Å². The molecule has 0 saturated heterocycles. The Kier molecular flexibility index (Phi) is 3.88. The summed E-state index contributed by atoms with van der Waals surface area (Å²) in [6, 6.07) is 0. The fraction of sp³-hybridized carbons (Fsp3) is 0.400. The average molecular weight is 268 g/mol. The molecule has 0 aromatic carbocycles.